The Morgan fingerprint density at radius 2 is 1.54 bits per heavy atom. The van der Waals surface area contributed by atoms with E-state index in [0.717, 1.165) is 29.8 Å². The number of nitrogens with two attached hydrogens (primary N) is 2. The van der Waals surface area contributed by atoms with Gasteiger partial charge >= 0.3 is 0 Å². The first kappa shape index (κ1) is 29.7. The maximum atomic E-state index is 12.4. The number of benzene rings is 2. The van der Waals surface area contributed by atoms with Crippen molar-refractivity contribution < 1.29 is 13.2 Å². The smallest absolute Gasteiger partial charge is 0.241 e. The molecular weight excluding hydrogens is 512 g/mol. The second-order valence-electron chi connectivity index (χ2n) is 8.66. The summed E-state index contributed by atoms with van der Waals surface area (Å²) in [5, 5.41) is 12.2. The van der Waals surface area contributed by atoms with Crippen molar-refractivity contribution in [3.8, 4) is 11.5 Å². The molecule has 0 fully saturated rings. The molecule has 9 nitrogen and oxygen atoms in total. The molecule has 2 heterocycles. The summed E-state index contributed by atoms with van der Waals surface area (Å²) in [6.07, 6.45) is 5.43. The number of aromatic nitrogens is 2. The van der Waals surface area contributed by atoms with E-state index >= 15 is 0 Å². The first-order valence-electron chi connectivity index (χ1n) is 12.8. The van der Waals surface area contributed by atoms with Crippen LogP contribution in [0.1, 0.15) is 36.7 Å². The Bertz CT molecular complexity index is 1370. The molecule has 10 heteroatoms. The third-order valence-corrected chi connectivity index (χ3v) is 6.44. The van der Waals surface area contributed by atoms with Crippen LogP contribution in [0.4, 0.5) is 5.69 Å². The van der Waals surface area contributed by atoms with E-state index in [-0.39, 0.29) is 10.6 Å². The van der Waals surface area contributed by atoms with Gasteiger partial charge in [-0.2, -0.15) is 0 Å². The van der Waals surface area contributed by atoms with E-state index in [1.807, 2.05) is 60.7 Å². The number of sulfonamides is 1. The van der Waals surface area contributed by atoms with Crippen molar-refractivity contribution in [1.29, 1.82) is 0 Å². The summed E-state index contributed by atoms with van der Waals surface area (Å²) in [4.78, 5) is 8.21. The third-order valence-electron chi connectivity index (χ3n) is 5.53. The lowest BCUT2D eigenvalue weighted by atomic mass is 10.1. The molecule has 0 aliphatic heterocycles. The number of nitrogens with zero attached hydrogens (tertiary/aromatic N) is 2. The van der Waals surface area contributed by atoms with Gasteiger partial charge in [0.15, 0.2) is 5.75 Å². The summed E-state index contributed by atoms with van der Waals surface area (Å²) in [7, 11) is -4.01. The Morgan fingerprint density at radius 1 is 0.872 bits per heavy atom. The Labute approximate surface area is 230 Å². The molecule has 2 aromatic carbocycles. The molecule has 206 valence electrons. The van der Waals surface area contributed by atoms with Crippen LogP contribution in [0.2, 0.25) is 0 Å². The van der Waals surface area contributed by atoms with Crippen LogP contribution in [-0.2, 0) is 29.7 Å². The number of nitrogens with one attached hydrogen (secondary N) is 2. The highest BCUT2D eigenvalue weighted by Crippen LogP contribution is 2.37. The number of rotatable bonds is 12. The molecule has 0 saturated heterocycles. The number of hydrogen-bond acceptors (Lipinski definition) is 8. The fraction of sp³-hybridized carbons (Fsp3) is 0.241. The maximum Gasteiger partial charge on any atom is 0.241 e. The molecule has 0 radical (unpaired) electrons. The Balaban J connectivity index is 0.000000449. The molecule has 2 aromatic heterocycles. The standard InChI is InChI=1S/C23H28N4O3S.C6H8N2/c1-2-3-12-27-21-14-18(16-25-17-19-9-7-8-13-26-19)15-22(31(24,28)29)23(21)30-20-10-5-4-6-11-20;7-5-6-3-1-2-4-8-6/h4-11,13-15,25,27H,2-3,12,16-17H2,1H3,(H2,24,28,29);1-4H,5,7H2. The van der Waals surface area contributed by atoms with E-state index in [1.54, 1.807) is 30.6 Å². The molecule has 0 atom stereocenters. The summed E-state index contributed by atoms with van der Waals surface area (Å²) in [5.74, 6) is 0.741. The Kier molecular flexibility index (Phi) is 11.9. The third kappa shape index (κ3) is 10.1. The maximum absolute atomic E-state index is 12.4. The van der Waals surface area contributed by atoms with Gasteiger partial charge in [-0.15, -0.1) is 0 Å². The molecule has 0 unspecified atom stereocenters. The highest BCUT2D eigenvalue weighted by atomic mass is 32.2. The van der Waals surface area contributed by atoms with Crippen LogP contribution in [0.5, 0.6) is 11.5 Å². The van der Waals surface area contributed by atoms with Gasteiger partial charge in [-0.25, -0.2) is 13.6 Å². The van der Waals surface area contributed by atoms with Crippen LogP contribution >= 0.6 is 0 Å². The van der Waals surface area contributed by atoms with Crippen LogP contribution in [0.3, 0.4) is 0 Å². The van der Waals surface area contributed by atoms with Gasteiger partial charge in [0.25, 0.3) is 0 Å². The lowest BCUT2D eigenvalue weighted by Crippen LogP contribution is -2.18. The second-order valence-corrected chi connectivity index (χ2v) is 10.2. The highest BCUT2D eigenvalue weighted by Gasteiger charge is 2.21. The molecule has 0 aliphatic carbocycles. The van der Waals surface area contributed by atoms with Gasteiger partial charge in [-0.3, -0.25) is 9.97 Å². The van der Waals surface area contributed by atoms with Crippen molar-refractivity contribution in [2.45, 2.75) is 44.3 Å². The lowest BCUT2D eigenvalue weighted by molar-refractivity contribution is 0.468. The average Bonchev–Trinajstić information content (AvgIpc) is 2.95. The van der Waals surface area contributed by atoms with Gasteiger partial charge in [-0.1, -0.05) is 43.7 Å². The Hall–Kier alpha value is -3.83. The van der Waals surface area contributed by atoms with Crippen molar-refractivity contribution in [1.82, 2.24) is 15.3 Å². The number of anilines is 1. The predicted molar refractivity (Wildman–Crippen MR) is 155 cm³/mol. The minimum absolute atomic E-state index is 0.0486. The summed E-state index contributed by atoms with van der Waals surface area (Å²) < 4.78 is 30.8. The van der Waals surface area contributed by atoms with Gasteiger partial charge in [0, 0.05) is 38.6 Å². The summed E-state index contributed by atoms with van der Waals surface area (Å²) in [6.45, 7) is 4.33. The molecule has 0 spiro atoms. The zero-order chi connectivity index (χ0) is 27.9. The molecule has 0 bridgehead atoms. The number of unbranched alkanes of at least 4 members (excludes halogenated alkanes) is 1. The number of ether oxygens (including phenoxy) is 1. The van der Waals surface area contributed by atoms with Crippen molar-refractivity contribution >= 4 is 15.7 Å². The zero-order valence-corrected chi connectivity index (χ0v) is 22.9. The minimum Gasteiger partial charge on any atom is -0.454 e. The van der Waals surface area contributed by atoms with Crippen LogP contribution < -0.4 is 26.2 Å². The van der Waals surface area contributed by atoms with Crippen LogP contribution in [0.25, 0.3) is 0 Å². The Morgan fingerprint density at radius 3 is 2.10 bits per heavy atom. The second kappa shape index (κ2) is 15.6. The van der Waals surface area contributed by atoms with Crippen molar-refractivity contribution in [3.63, 3.8) is 0 Å². The summed E-state index contributed by atoms with van der Waals surface area (Å²) in [5.41, 5.74) is 8.50. The number of primary sulfonamides is 1. The molecule has 0 amide bonds. The molecule has 4 rings (SSSR count). The number of para-hydroxylation sites is 1. The van der Waals surface area contributed by atoms with E-state index in [1.165, 1.54) is 0 Å². The van der Waals surface area contributed by atoms with E-state index in [2.05, 4.69) is 27.5 Å². The van der Waals surface area contributed by atoms with E-state index in [9.17, 15) is 8.42 Å². The predicted octanol–water partition coefficient (Wildman–Crippen LogP) is 4.56. The van der Waals surface area contributed by atoms with E-state index < -0.39 is 10.0 Å². The quantitative estimate of drug-likeness (QED) is 0.189. The molecule has 39 heavy (non-hydrogen) atoms. The molecule has 6 N–H and O–H groups in total. The summed E-state index contributed by atoms with van der Waals surface area (Å²) >= 11 is 0. The zero-order valence-electron chi connectivity index (χ0n) is 22.1. The van der Waals surface area contributed by atoms with Gasteiger partial charge in [0.05, 0.1) is 17.1 Å². The topological polar surface area (TPSA) is 145 Å². The minimum atomic E-state index is -4.01. The molecule has 4 aromatic rings. The van der Waals surface area contributed by atoms with Crippen LogP contribution in [-0.4, -0.2) is 24.9 Å². The average molecular weight is 549 g/mol. The van der Waals surface area contributed by atoms with E-state index in [4.69, 9.17) is 15.6 Å². The van der Waals surface area contributed by atoms with Crippen LogP contribution in [0, 0.1) is 0 Å². The SMILES string of the molecule is CCCCNc1cc(CNCc2ccccn2)cc(S(N)(=O)=O)c1Oc1ccccc1.NCc1ccccn1. The van der Waals surface area contributed by atoms with Gasteiger partial charge in [0.1, 0.15) is 10.6 Å². The molecule has 0 aliphatic rings. The van der Waals surface area contributed by atoms with Crippen LogP contribution in [0.15, 0.2) is 96.2 Å². The fourth-order valence-electron chi connectivity index (χ4n) is 3.57. The van der Waals surface area contributed by atoms with Crippen molar-refractivity contribution in [3.05, 3.63) is 108 Å². The number of hydrogen-bond donors (Lipinski definition) is 4. The van der Waals surface area contributed by atoms with Gasteiger partial charge in [0.2, 0.25) is 10.0 Å². The molecular formula is C29H36N6O3S. The molecule has 0 saturated carbocycles. The summed E-state index contributed by atoms with van der Waals surface area (Å²) in [6, 6.07) is 23.9. The number of pyridine rings is 2. The largest absolute Gasteiger partial charge is 0.454 e. The lowest BCUT2D eigenvalue weighted by Gasteiger charge is -2.18. The highest BCUT2D eigenvalue weighted by molar-refractivity contribution is 7.89. The fourth-order valence-corrected chi connectivity index (χ4v) is 4.30. The normalized spacial score (nSPS) is 10.8. The monoisotopic (exact) mass is 548 g/mol. The first-order valence-corrected chi connectivity index (χ1v) is 14.3. The van der Waals surface area contributed by atoms with Crippen molar-refractivity contribution in [2.75, 3.05) is 11.9 Å². The van der Waals surface area contributed by atoms with Crippen molar-refractivity contribution in [2.24, 2.45) is 10.9 Å². The van der Waals surface area contributed by atoms with Gasteiger partial charge in [-0.05, 0) is 60.5 Å². The van der Waals surface area contributed by atoms with E-state index in [0.29, 0.717) is 37.6 Å². The first-order chi connectivity index (χ1) is 18.9. The van der Waals surface area contributed by atoms with Gasteiger partial charge < -0.3 is 21.1 Å².